The van der Waals surface area contributed by atoms with Gasteiger partial charge in [-0.3, -0.25) is 4.79 Å². The molecule has 2 aromatic rings. The Bertz CT molecular complexity index is 583. The molecule has 1 N–H and O–H groups in total. The number of hydrogen-bond donors (Lipinski definition) is 1. The summed E-state index contributed by atoms with van der Waals surface area (Å²) in [6, 6.07) is 5.22. The fourth-order valence-electron chi connectivity index (χ4n) is 1.44. The average molecular weight is 302 g/mol. The third-order valence-corrected chi connectivity index (χ3v) is 3.94. The van der Waals surface area contributed by atoms with E-state index >= 15 is 0 Å². The lowest BCUT2D eigenvalue weighted by Crippen LogP contribution is -1.95. The molecule has 0 atom stereocenters. The van der Waals surface area contributed by atoms with Gasteiger partial charge in [0.15, 0.2) is 0 Å². The molecule has 0 bridgehead atoms. The summed E-state index contributed by atoms with van der Waals surface area (Å²) in [5.74, 6) is -0.811. The number of aryl methyl sites for hydroxylation is 1. The largest absolute Gasteiger partial charge is 0.481 e. The topological polar surface area (TPSA) is 50.2 Å². The molecule has 0 spiro atoms. The van der Waals surface area contributed by atoms with E-state index in [0.29, 0.717) is 16.5 Å². The summed E-state index contributed by atoms with van der Waals surface area (Å²) in [7, 11) is 0. The predicted molar refractivity (Wildman–Crippen MR) is 73.5 cm³/mol. The van der Waals surface area contributed by atoms with Gasteiger partial charge in [-0.15, -0.1) is 11.3 Å². The van der Waals surface area contributed by atoms with E-state index in [1.165, 1.54) is 11.3 Å². The number of benzene rings is 1. The Morgan fingerprint density at radius 2 is 2.17 bits per heavy atom. The fourth-order valence-corrected chi connectivity index (χ4v) is 2.95. The molecule has 0 aliphatic rings. The fraction of sp³-hybridized carbons (Fsp3) is 0.167. The maximum absolute atomic E-state index is 10.5. The number of aromatic nitrogens is 1. The molecule has 3 nitrogen and oxygen atoms in total. The van der Waals surface area contributed by atoms with E-state index in [4.69, 9.17) is 28.3 Å². The van der Waals surface area contributed by atoms with Crippen LogP contribution in [-0.4, -0.2) is 16.1 Å². The van der Waals surface area contributed by atoms with Gasteiger partial charge in [0.2, 0.25) is 0 Å². The Balaban J connectivity index is 2.21. The molecule has 1 heterocycles. The van der Waals surface area contributed by atoms with Crippen molar-refractivity contribution in [3.63, 3.8) is 0 Å². The Morgan fingerprint density at radius 3 is 2.83 bits per heavy atom. The molecule has 1 aromatic heterocycles. The van der Waals surface area contributed by atoms with Crippen LogP contribution in [0.4, 0.5) is 0 Å². The maximum atomic E-state index is 10.5. The number of nitrogens with zero attached hydrogens (tertiary/aromatic N) is 1. The zero-order valence-electron chi connectivity index (χ0n) is 9.19. The van der Waals surface area contributed by atoms with E-state index in [0.717, 1.165) is 15.4 Å². The lowest BCUT2D eigenvalue weighted by atomic mass is 10.2. The smallest absolute Gasteiger partial charge is 0.303 e. The average Bonchev–Trinajstić information content (AvgIpc) is 2.75. The molecule has 0 amide bonds. The van der Waals surface area contributed by atoms with Crippen molar-refractivity contribution in [2.75, 3.05) is 0 Å². The number of carboxylic acid groups (broad SMARTS) is 1. The van der Waals surface area contributed by atoms with Crippen molar-refractivity contribution in [3.05, 3.63) is 39.3 Å². The molecule has 0 saturated carbocycles. The molecule has 0 aliphatic carbocycles. The Labute approximate surface area is 118 Å². The van der Waals surface area contributed by atoms with Crippen molar-refractivity contribution in [1.29, 1.82) is 0 Å². The number of aliphatic carboxylic acids is 1. The van der Waals surface area contributed by atoms with Crippen LogP contribution in [0.3, 0.4) is 0 Å². The summed E-state index contributed by atoms with van der Waals surface area (Å²) in [5, 5.41) is 10.5. The molecule has 0 aliphatic heterocycles. The van der Waals surface area contributed by atoms with Crippen LogP contribution in [0, 0.1) is 0 Å². The van der Waals surface area contributed by atoms with Crippen LogP contribution in [0.2, 0.25) is 10.0 Å². The quantitative estimate of drug-likeness (QED) is 0.923. The monoisotopic (exact) mass is 301 g/mol. The van der Waals surface area contributed by atoms with Crippen LogP contribution in [0.1, 0.15) is 11.3 Å². The Morgan fingerprint density at radius 1 is 1.39 bits per heavy atom. The first-order valence-electron chi connectivity index (χ1n) is 5.18. The zero-order valence-corrected chi connectivity index (χ0v) is 11.5. The van der Waals surface area contributed by atoms with Gasteiger partial charge in [-0.1, -0.05) is 23.2 Å². The van der Waals surface area contributed by atoms with Crippen molar-refractivity contribution in [1.82, 2.24) is 4.98 Å². The van der Waals surface area contributed by atoms with Gasteiger partial charge in [0.05, 0.1) is 11.4 Å². The third-order valence-electron chi connectivity index (χ3n) is 2.30. The van der Waals surface area contributed by atoms with Gasteiger partial charge in [-0.05, 0) is 24.6 Å². The second-order valence-corrected chi connectivity index (χ2v) is 5.61. The molecule has 1 aromatic carbocycles. The first-order valence-corrected chi connectivity index (χ1v) is 6.75. The highest BCUT2D eigenvalue weighted by Gasteiger charge is 2.10. The summed E-state index contributed by atoms with van der Waals surface area (Å²) >= 11 is 13.4. The molecule has 18 heavy (non-hydrogen) atoms. The van der Waals surface area contributed by atoms with Crippen molar-refractivity contribution < 1.29 is 9.90 Å². The van der Waals surface area contributed by atoms with E-state index in [2.05, 4.69) is 4.98 Å². The number of carboxylic acids is 1. The van der Waals surface area contributed by atoms with Crippen molar-refractivity contribution >= 4 is 40.5 Å². The van der Waals surface area contributed by atoms with Crippen LogP contribution in [-0.2, 0) is 11.2 Å². The first-order chi connectivity index (χ1) is 8.56. The van der Waals surface area contributed by atoms with Gasteiger partial charge in [0.1, 0.15) is 5.01 Å². The first kappa shape index (κ1) is 13.3. The summed E-state index contributed by atoms with van der Waals surface area (Å²) in [4.78, 5) is 15.7. The minimum atomic E-state index is -0.811. The molecule has 0 saturated heterocycles. The lowest BCUT2D eigenvalue weighted by molar-refractivity contribution is -0.136. The van der Waals surface area contributed by atoms with Crippen LogP contribution in [0.25, 0.3) is 10.6 Å². The summed E-state index contributed by atoms with van der Waals surface area (Å²) in [6.07, 6.45) is 2.28. The normalized spacial score (nSPS) is 10.6. The number of thiazole rings is 1. The second-order valence-electron chi connectivity index (χ2n) is 3.65. The summed E-state index contributed by atoms with van der Waals surface area (Å²) < 4.78 is 0. The number of halogens is 2. The third kappa shape index (κ3) is 3.22. The van der Waals surface area contributed by atoms with Crippen molar-refractivity contribution in [3.8, 4) is 10.6 Å². The van der Waals surface area contributed by atoms with E-state index in [-0.39, 0.29) is 6.42 Å². The molecule has 94 valence electrons. The maximum Gasteiger partial charge on any atom is 0.303 e. The molecule has 6 heteroatoms. The SMILES string of the molecule is O=C(O)CCc1cnc(-c2ccc(Cl)cc2Cl)s1. The van der Waals surface area contributed by atoms with Crippen LogP contribution in [0.15, 0.2) is 24.4 Å². The lowest BCUT2D eigenvalue weighted by Gasteiger charge is -2.00. The van der Waals surface area contributed by atoms with Gasteiger partial charge in [-0.25, -0.2) is 4.98 Å². The predicted octanol–water partition coefficient (Wildman–Crippen LogP) is 4.13. The van der Waals surface area contributed by atoms with Crippen LogP contribution < -0.4 is 0 Å². The van der Waals surface area contributed by atoms with Gasteiger partial charge < -0.3 is 5.11 Å². The number of carbonyl (C=O) groups is 1. The highest BCUT2D eigenvalue weighted by Crippen LogP contribution is 2.33. The zero-order chi connectivity index (χ0) is 13.1. The van der Waals surface area contributed by atoms with Gasteiger partial charge in [-0.2, -0.15) is 0 Å². The molecule has 2 rings (SSSR count). The van der Waals surface area contributed by atoms with Crippen molar-refractivity contribution in [2.24, 2.45) is 0 Å². The standard InChI is InChI=1S/C12H9Cl2NO2S/c13-7-1-3-9(10(14)5-7)12-15-6-8(18-12)2-4-11(16)17/h1,3,5-6H,2,4H2,(H,16,17). The minimum absolute atomic E-state index is 0.107. The van der Waals surface area contributed by atoms with Crippen molar-refractivity contribution in [2.45, 2.75) is 12.8 Å². The van der Waals surface area contributed by atoms with E-state index in [1.807, 2.05) is 6.07 Å². The summed E-state index contributed by atoms with van der Waals surface area (Å²) in [6.45, 7) is 0. The molecular formula is C12H9Cl2NO2S. The minimum Gasteiger partial charge on any atom is -0.481 e. The Kier molecular flexibility index (Phi) is 4.22. The number of rotatable bonds is 4. The molecular weight excluding hydrogens is 293 g/mol. The van der Waals surface area contributed by atoms with Gasteiger partial charge >= 0.3 is 5.97 Å². The highest BCUT2D eigenvalue weighted by molar-refractivity contribution is 7.15. The van der Waals surface area contributed by atoms with E-state index < -0.39 is 5.97 Å². The highest BCUT2D eigenvalue weighted by atomic mass is 35.5. The Hall–Kier alpha value is -1.10. The molecule has 0 fully saturated rings. The van der Waals surface area contributed by atoms with Gasteiger partial charge in [0.25, 0.3) is 0 Å². The van der Waals surface area contributed by atoms with Crippen LogP contribution in [0.5, 0.6) is 0 Å². The van der Waals surface area contributed by atoms with Crippen LogP contribution >= 0.6 is 34.5 Å². The summed E-state index contributed by atoms with van der Waals surface area (Å²) in [5.41, 5.74) is 0.813. The molecule has 0 unspecified atom stereocenters. The van der Waals surface area contributed by atoms with Gasteiger partial charge in [0, 0.05) is 21.7 Å². The van der Waals surface area contributed by atoms with E-state index in [1.54, 1.807) is 18.3 Å². The number of hydrogen-bond acceptors (Lipinski definition) is 3. The second kappa shape index (κ2) is 5.69. The van der Waals surface area contributed by atoms with E-state index in [9.17, 15) is 4.79 Å². The molecule has 0 radical (unpaired) electrons.